The lowest BCUT2D eigenvalue weighted by atomic mass is 9.52. The van der Waals surface area contributed by atoms with E-state index in [0.717, 1.165) is 18.8 Å². The summed E-state index contributed by atoms with van der Waals surface area (Å²) in [5.41, 5.74) is 2.39. The Bertz CT molecular complexity index is 390. The van der Waals surface area contributed by atoms with E-state index in [4.69, 9.17) is 0 Å². The van der Waals surface area contributed by atoms with E-state index in [0.29, 0.717) is 17.1 Å². The van der Waals surface area contributed by atoms with Crippen LogP contribution in [0.5, 0.6) is 0 Å². The molecular formula is C18H30O. The highest BCUT2D eigenvalue weighted by molar-refractivity contribution is 5.75. The van der Waals surface area contributed by atoms with Crippen LogP contribution in [0.2, 0.25) is 0 Å². The second-order valence-electron chi connectivity index (χ2n) is 7.84. The molecule has 0 aromatic heterocycles. The highest BCUT2D eigenvalue weighted by atomic mass is 16.1. The molecule has 0 heterocycles. The summed E-state index contributed by atoms with van der Waals surface area (Å²) in [6, 6.07) is 0. The van der Waals surface area contributed by atoms with Gasteiger partial charge < -0.3 is 4.79 Å². The number of rotatable bonds is 3. The van der Waals surface area contributed by atoms with Crippen molar-refractivity contribution in [3.63, 3.8) is 0 Å². The molecule has 1 fully saturated rings. The van der Waals surface area contributed by atoms with Gasteiger partial charge in [-0.3, -0.25) is 0 Å². The first-order chi connectivity index (χ1) is 8.77. The van der Waals surface area contributed by atoms with Crippen molar-refractivity contribution in [2.75, 3.05) is 0 Å². The molecule has 0 N–H and O–H groups in total. The molecule has 1 heteroatoms. The van der Waals surface area contributed by atoms with E-state index in [-0.39, 0.29) is 5.41 Å². The smallest absolute Gasteiger partial charge is 0.129 e. The average molecular weight is 262 g/mol. The van der Waals surface area contributed by atoms with Crippen LogP contribution in [0.4, 0.5) is 0 Å². The second kappa shape index (κ2) is 5.07. The topological polar surface area (TPSA) is 17.1 Å². The fourth-order valence-corrected chi connectivity index (χ4v) is 4.36. The molecule has 0 bridgehead atoms. The van der Waals surface area contributed by atoms with Gasteiger partial charge in [0.2, 0.25) is 0 Å². The zero-order valence-electron chi connectivity index (χ0n) is 13.4. The molecule has 3 atom stereocenters. The second-order valence-corrected chi connectivity index (χ2v) is 7.84. The van der Waals surface area contributed by atoms with Crippen molar-refractivity contribution in [1.82, 2.24) is 0 Å². The molecule has 1 nitrogen and oxygen atoms in total. The summed E-state index contributed by atoms with van der Waals surface area (Å²) in [6.45, 7) is 11.4. The van der Waals surface area contributed by atoms with E-state index in [1.54, 1.807) is 12.5 Å². The molecule has 108 valence electrons. The molecular weight excluding hydrogens is 232 g/mol. The molecule has 2 aliphatic carbocycles. The lowest BCUT2D eigenvalue weighted by molar-refractivity contribution is -0.117. The number of fused-ring (bicyclic) bond motifs is 1. The third-order valence-corrected chi connectivity index (χ3v) is 6.10. The summed E-state index contributed by atoms with van der Waals surface area (Å²) < 4.78 is 0. The van der Waals surface area contributed by atoms with Gasteiger partial charge in [0.1, 0.15) is 5.78 Å². The Morgan fingerprint density at radius 3 is 2.63 bits per heavy atom. The van der Waals surface area contributed by atoms with Gasteiger partial charge >= 0.3 is 0 Å². The first-order valence-corrected chi connectivity index (χ1v) is 7.97. The average Bonchev–Trinajstić information content (AvgIpc) is 2.31. The summed E-state index contributed by atoms with van der Waals surface area (Å²) in [5, 5.41) is 0. The minimum absolute atomic E-state index is 0.256. The molecule has 1 saturated carbocycles. The summed E-state index contributed by atoms with van der Waals surface area (Å²) in [6.07, 6.45) is 9.51. The van der Waals surface area contributed by atoms with Crippen LogP contribution in [0.3, 0.4) is 0 Å². The Morgan fingerprint density at radius 2 is 2.00 bits per heavy atom. The SMILES string of the molecule is CC(=O)CC[C@]1(C)C2=CCCC(C)(C)[C@H]2CC[C@H]1C. The van der Waals surface area contributed by atoms with Crippen LogP contribution >= 0.6 is 0 Å². The summed E-state index contributed by atoms with van der Waals surface area (Å²) in [5.74, 6) is 1.80. The van der Waals surface area contributed by atoms with Crippen LogP contribution < -0.4 is 0 Å². The number of ketones is 1. The van der Waals surface area contributed by atoms with E-state index >= 15 is 0 Å². The van der Waals surface area contributed by atoms with Crippen molar-refractivity contribution >= 4 is 5.78 Å². The lowest BCUT2D eigenvalue weighted by Crippen LogP contribution is -2.43. The van der Waals surface area contributed by atoms with Gasteiger partial charge in [-0.25, -0.2) is 0 Å². The van der Waals surface area contributed by atoms with Crippen molar-refractivity contribution < 1.29 is 4.79 Å². The highest BCUT2D eigenvalue weighted by Gasteiger charge is 2.47. The van der Waals surface area contributed by atoms with Gasteiger partial charge in [-0.1, -0.05) is 39.3 Å². The Balaban J connectivity index is 2.29. The van der Waals surface area contributed by atoms with Crippen molar-refractivity contribution in [3.05, 3.63) is 11.6 Å². The van der Waals surface area contributed by atoms with Gasteiger partial charge in [-0.05, 0) is 61.7 Å². The predicted octanol–water partition coefficient (Wildman–Crippen LogP) is 5.15. The predicted molar refractivity (Wildman–Crippen MR) is 81.0 cm³/mol. The summed E-state index contributed by atoms with van der Waals surface area (Å²) in [7, 11) is 0. The van der Waals surface area contributed by atoms with Crippen LogP contribution in [-0.2, 0) is 4.79 Å². The number of carbonyl (C=O) groups is 1. The first kappa shape index (κ1) is 14.8. The molecule has 2 aliphatic rings. The Morgan fingerprint density at radius 1 is 1.32 bits per heavy atom. The lowest BCUT2D eigenvalue weighted by Gasteiger charge is -2.53. The maximum atomic E-state index is 11.4. The third kappa shape index (κ3) is 2.66. The zero-order chi connectivity index (χ0) is 14.3. The van der Waals surface area contributed by atoms with Gasteiger partial charge in [0.15, 0.2) is 0 Å². The van der Waals surface area contributed by atoms with Gasteiger partial charge in [0.25, 0.3) is 0 Å². The third-order valence-electron chi connectivity index (χ3n) is 6.10. The molecule has 0 aliphatic heterocycles. The maximum absolute atomic E-state index is 11.4. The Hall–Kier alpha value is -0.590. The van der Waals surface area contributed by atoms with E-state index in [9.17, 15) is 4.79 Å². The zero-order valence-corrected chi connectivity index (χ0v) is 13.4. The fraction of sp³-hybridized carbons (Fsp3) is 0.833. The highest BCUT2D eigenvalue weighted by Crippen LogP contribution is 2.57. The Labute approximate surface area is 118 Å². The standard InChI is InChI=1S/C18H30O/c1-13-8-9-15-16(7-6-11-17(15,3)4)18(13,5)12-10-14(2)19/h7,13,15H,6,8-12H2,1-5H3/t13-,15+,18+/m1/s1. The van der Waals surface area contributed by atoms with Crippen LogP contribution in [-0.4, -0.2) is 5.78 Å². The van der Waals surface area contributed by atoms with Gasteiger partial charge in [-0.15, -0.1) is 0 Å². The first-order valence-electron chi connectivity index (χ1n) is 7.97. The largest absolute Gasteiger partial charge is 0.300 e. The van der Waals surface area contributed by atoms with Crippen molar-refractivity contribution in [2.24, 2.45) is 22.7 Å². The Kier molecular flexibility index (Phi) is 3.95. The molecule has 0 saturated heterocycles. The van der Waals surface area contributed by atoms with E-state index in [1.165, 1.54) is 25.7 Å². The molecule has 2 rings (SSSR count). The van der Waals surface area contributed by atoms with E-state index in [1.807, 2.05) is 0 Å². The van der Waals surface area contributed by atoms with Gasteiger partial charge in [0, 0.05) is 6.42 Å². The summed E-state index contributed by atoms with van der Waals surface area (Å²) >= 11 is 0. The monoisotopic (exact) mass is 262 g/mol. The van der Waals surface area contributed by atoms with Crippen LogP contribution in [0, 0.1) is 22.7 Å². The van der Waals surface area contributed by atoms with E-state index < -0.39 is 0 Å². The molecule has 0 amide bonds. The van der Waals surface area contributed by atoms with Crippen LogP contribution in [0.25, 0.3) is 0 Å². The number of carbonyl (C=O) groups excluding carboxylic acids is 1. The van der Waals surface area contributed by atoms with Crippen molar-refractivity contribution in [1.29, 1.82) is 0 Å². The molecule has 0 aromatic carbocycles. The normalized spacial score (nSPS) is 37.4. The minimum Gasteiger partial charge on any atom is -0.300 e. The summed E-state index contributed by atoms with van der Waals surface area (Å²) in [4.78, 5) is 11.4. The van der Waals surface area contributed by atoms with Gasteiger partial charge in [0.05, 0.1) is 0 Å². The number of Topliss-reactive ketones (excluding diaryl/α,β-unsaturated/α-hetero) is 1. The van der Waals surface area contributed by atoms with Gasteiger partial charge in [-0.2, -0.15) is 0 Å². The molecule has 0 aromatic rings. The molecule has 19 heavy (non-hydrogen) atoms. The number of allylic oxidation sites excluding steroid dienone is 2. The van der Waals surface area contributed by atoms with Crippen LogP contribution in [0.15, 0.2) is 11.6 Å². The fourth-order valence-electron chi connectivity index (χ4n) is 4.36. The van der Waals surface area contributed by atoms with E-state index in [2.05, 4.69) is 33.8 Å². The quantitative estimate of drug-likeness (QED) is 0.642. The number of hydrogen-bond donors (Lipinski definition) is 0. The molecule has 0 spiro atoms. The molecule has 0 unspecified atom stereocenters. The van der Waals surface area contributed by atoms with Crippen molar-refractivity contribution in [2.45, 2.75) is 73.1 Å². The number of hydrogen-bond acceptors (Lipinski definition) is 1. The van der Waals surface area contributed by atoms with Crippen LogP contribution in [0.1, 0.15) is 73.1 Å². The minimum atomic E-state index is 0.256. The maximum Gasteiger partial charge on any atom is 0.129 e. The molecule has 0 radical (unpaired) electrons. The van der Waals surface area contributed by atoms with Crippen molar-refractivity contribution in [3.8, 4) is 0 Å².